The van der Waals surface area contributed by atoms with Crippen LogP contribution < -0.4 is 10.1 Å². The zero-order chi connectivity index (χ0) is 21.8. The zero-order valence-electron chi connectivity index (χ0n) is 18.7. The van der Waals surface area contributed by atoms with Crippen molar-refractivity contribution < 1.29 is 14.3 Å². The van der Waals surface area contributed by atoms with Crippen molar-refractivity contribution in [3.8, 4) is 5.75 Å². The second-order valence-electron chi connectivity index (χ2n) is 9.15. The highest BCUT2D eigenvalue weighted by atomic mass is 16.5. The van der Waals surface area contributed by atoms with E-state index in [1.54, 1.807) is 7.11 Å². The minimum Gasteiger partial charge on any atom is -0.497 e. The molecule has 0 amide bonds. The van der Waals surface area contributed by atoms with Crippen LogP contribution in [0.15, 0.2) is 65.9 Å². The molecule has 1 heterocycles. The number of nitrogens with zero attached hydrogens (tertiary/aromatic N) is 1. The fraction of sp³-hybridized carbons (Fsp3) is 0.423. The van der Waals surface area contributed by atoms with E-state index in [1.807, 2.05) is 42.5 Å². The Balaban J connectivity index is 1.81. The molecule has 2 aromatic rings. The summed E-state index contributed by atoms with van der Waals surface area (Å²) in [6.07, 6.45) is 1.39. The summed E-state index contributed by atoms with van der Waals surface area (Å²) in [6, 6.07) is 18.1. The van der Waals surface area contributed by atoms with Crippen molar-refractivity contribution in [1.29, 1.82) is 0 Å². The summed E-state index contributed by atoms with van der Waals surface area (Å²) < 4.78 is 11.0. The molecule has 0 radical (unpaired) electrons. The Morgan fingerprint density at radius 2 is 1.68 bits per heavy atom. The van der Waals surface area contributed by atoms with Crippen LogP contribution in [0.4, 0.5) is 5.69 Å². The summed E-state index contributed by atoms with van der Waals surface area (Å²) in [4.78, 5) is 16.0. The number of anilines is 1. The molecule has 5 heteroatoms. The number of allylic oxidation sites excluding steroid dienone is 1. The first-order chi connectivity index (χ1) is 15.0. The number of hydrogen-bond acceptors (Lipinski definition) is 5. The third kappa shape index (κ3) is 5.00. The number of rotatable bonds is 6. The maximum absolute atomic E-state index is 13.6. The molecule has 0 aromatic heterocycles. The molecule has 0 spiro atoms. The molecule has 31 heavy (non-hydrogen) atoms. The molecule has 0 saturated carbocycles. The standard InChI is InChI=1S/C26H32N2O3/c1-26(2)17-22(27-20-7-5-4-6-8-20)24(23(29)18-26)25(28-13-15-31-16-14-28)19-9-11-21(30-3)12-10-19/h4-12,25,27H,13-18H2,1-3H3. The predicted octanol–water partition coefficient (Wildman–Crippen LogP) is 4.82. The van der Waals surface area contributed by atoms with E-state index in [9.17, 15) is 4.79 Å². The number of nitrogens with one attached hydrogen (secondary N) is 1. The third-order valence-electron chi connectivity index (χ3n) is 6.10. The molecular weight excluding hydrogens is 388 g/mol. The van der Waals surface area contributed by atoms with Crippen molar-refractivity contribution in [2.75, 3.05) is 38.7 Å². The number of carbonyl (C=O) groups excluding carboxylic acids is 1. The van der Waals surface area contributed by atoms with Crippen molar-refractivity contribution in [3.63, 3.8) is 0 Å². The minimum absolute atomic E-state index is 0.0762. The van der Waals surface area contributed by atoms with Crippen LogP contribution in [0, 0.1) is 5.41 Å². The number of morpholine rings is 1. The summed E-state index contributed by atoms with van der Waals surface area (Å²) in [5.41, 5.74) is 3.96. The molecule has 2 aliphatic rings. The van der Waals surface area contributed by atoms with Gasteiger partial charge in [-0.1, -0.05) is 44.2 Å². The number of ether oxygens (including phenoxy) is 2. The van der Waals surface area contributed by atoms with Crippen LogP contribution in [0.3, 0.4) is 0 Å². The number of para-hydroxylation sites is 1. The van der Waals surface area contributed by atoms with Crippen molar-refractivity contribution in [2.45, 2.75) is 32.7 Å². The molecule has 5 nitrogen and oxygen atoms in total. The highest BCUT2D eigenvalue weighted by Crippen LogP contribution is 2.43. The fourth-order valence-electron chi connectivity index (χ4n) is 4.64. The van der Waals surface area contributed by atoms with Gasteiger partial charge in [-0.15, -0.1) is 0 Å². The molecular formula is C26H32N2O3. The fourth-order valence-corrected chi connectivity index (χ4v) is 4.64. The quantitative estimate of drug-likeness (QED) is 0.726. The number of ketones is 1. The summed E-state index contributed by atoms with van der Waals surface area (Å²) in [5, 5.41) is 3.61. The van der Waals surface area contributed by atoms with E-state index in [-0.39, 0.29) is 17.2 Å². The number of benzene rings is 2. The number of Topliss-reactive ketones (excluding diaryl/α,β-unsaturated/α-hetero) is 1. The van der Waals surface area contributed by atoms with Gasteiger partial charge < -0.3 is 14.8 Å². The van der Waals surface area contributed by atoms with Gasteiger partial charge in [0, 0.05) is 36.5 Å². The molecule has 1 saturated heterocycles. The van der Waals surface area contributed by atoms with Gasteiger partial charge in [0.15, 0.2) is 5.78 Å². The summed E-state index contributed by atoms with van der Waals surface area (Å²) in [7, 11) is 1.67. The molecule has 4 rings (SSSR count). The SMILES string of the molecule is COc1ccc(C(C2=C(Nc3ccccc3)CC(C)(C)CC2=O)N2CCOCC2)cc1. The van der Waals surface area contributed by atoms with Gasteiger partial charge in [0.05, 0.1) is 26.4 Å². The van der Waals surface area contributed by atoms with Crippen molar-refractivity contribution >= 4 is 11.5 Å². The molecule has 1 N–H and O–H groups in total. The van der Waals surface area contributed by atoms with Crippen molar-refractivity contribution in [2.24, 2.45) is 5.41 Å². The number of hydrogen-bond donors (Lipinski definition) is 1. The van der Waals surface area contributed by atoms with Crippen LogP contribution in [-0.2, 0) is 9.53 Å². The van der Waals surface area contributed by atoms with Crippen LogP contribution in [0.25, 0.3) is 0 Å². The van der Waals surface area contributed by atoms with Gasteiger partial charge in [0.1, 0.15) is 5.75 Å². The van der Waals surface area contributed by atoms with Crippen LogP contribution >= 0.6 is 0 Å². The van der Waals surface area contributed by atoms with E-state index in [1.165, 1.54) is 0 Å². The lowest BCUT2D eigenvalue weighted by atomic mass is 9.73. The largest absolute Gasteiger partial charge is 0.497 e. The molecule has 164 valence electrons. The van der Waals surface area contributed by atoms with Gasteiger partial charge in [-0.05, 0) is 41.7 Å². The van der Waals surface area contributed by atoms with Gasteiger partial charge in [0.25, 0.3) is 0 Å². The van der Waals surface area contributed by atoms with Crippen molar-refractivity contribution in [1.82, 2.24) is 4.90 Å². The van der Waals surface area contributed by atoms with Crippen LogP contribution in [0.5, 0.6) is 5.75 Å². The molecule has 1 aliphatic carbocycles. The van der Waals surface area contributed by atoms with Crippen molar-refractivity contribution in [3.05, 3.63) is 71.4 Å². The lowest BCUT2D eigenvalue weighted by Gasteiger charge is -2.41. The second kappa shape index (κ2) is 9.25. The monoisotopic (exact) mass is 420 g/mol. The van der Waals surface area contributed by atoms with Gasteiger partial charge in [-0.2, -0.15) is 0 Å². The van der Waals surface area contributed by atoms with E-state index in [0.717, 1.165) is 47.8 Å². The van der Waals surface area contributed by atoms with Crippen LogP contribution in [0.1, 0.15) is 38.3 Å². The molecule has 1 fully saturated rings. The molecule has 1 aliphatic heterocycles. The summed E-state index contributed by atoms with van der Waals surface area (Å²) in [5.74, 6) is 1.04. The minimum atomic E-state index is -0.107. The Hall–Kier alpha value is -2.63. The normalized spacial score (nSPS) is 20.4. The maximum Gasteiger partial charge on any atom is 0.163 e. The Kier molecular flexibility index (Phi) is 6.44. The Morgan fingerprint density at radius 1 is 1.00 bits per heavy atom. The topological polar surface area (TPSA) is 50.8 Å². The van der Waals surface area contributed by atoms with E-state index in [0.29, 0.717) is 19.6 Å². The Morgan fingerprint density at radius 3 is 2.32 bits per heavy atom. The average molecular weight is 421 g/mol. The third-order valence-corrected chi connectivity index (χ3v) is 6.10. The van der Waals surface area contributed by atoms with Gasteiger partial charge in [-0.25, -0.2) is 0 Å². The predicted molar refractivity (Wildman–Crippen MR) is 123 cm³/mol. The van der Waals surface area contributed by atoms with E-state index in [4.69, 9.17) is 9.47 Å². The molecule has 2 aromatic carbocycles. The van der Waals surface area contributed by atoms with Crippen LogP contribution in [-0.4, -0.2) is 44.1 Å². The van der Waals surface area contributed by atoms with Gasteiger partial charge in [0.2, 0.25) is 0 Å². The first-order valence-electron chi connectivity index (χ1n) is 11.0. The maximum atomic E-state index is 13.6. The average Bonchev–Trinajstić information content (AvgIpc) is 2.77. The highest BCUT2D eigenvalue weighted by molar-refractivity contribution is 5.99. The summed E-state index contributed by atoms with van der Waals surface area (Å²) in [6.45, 7) is 7.31. The summed E-state index contributed by atoms with van der Waals surface area (Å²) >= 11 is 0. The van der Waals surface area contributed by atoms with Crippen LogP contribution in [0.2, 0.25) is 0 Å². The molecule has 1 unspecified atom stereocenters. The highest BCUT2D eigenvalue weighted by Gasteiger charge is 2.39. The van der Waals surface area contributed by atoms with E-state index in [2.05, 4.69) is 36.2 Å². The molecule has 0 bridgehead atoms. The number of carbonyl (C=O) groups is 1. The first kappa shape index (κ1) is 21.6. The number of methoxy groups -OCH3 is 1. The first-order valence-corrected chi connectivity index (χ1v) is 11.0. The lowest BCUT2D eigenvalue weighted by Crippen LogP contribution is -2.43. The van der Waals surface area contributed by atoms with Gasteiger partial charge in [-0.3, -0.25) is 9.69 Å². The Bertz CT molecular complexity index is 929. The Labute approximate surface area is 185 Å². The van der Waals surface area contributed by atoms with E-state index >= 15 is 0 Å². The van der Waals surface area contributed by atoms with Gasteiger partial charge >= 0.3 is 0 Å². The molecule has 1 atom stereocenters. The second-order valence-corrected chi connectivity index (χ2v) is 9.15. The smallest absolute Gasteiger partial charge is 0.163 e. The van der Waals surface area contributed by atoms with E-state index < -0.39 is 0 Å². The zero-order valence-corrected chi connectivity index (χ0v) is 18.7. The lowest BCUT2D eigenvalue weighted by molar-refractivity contribution is -0.119.